The average molecular weight is 514 g/mol. The smallest absolute Gasteiger partial charge is 0.246 e. The summed E-state index contributed by atoms with van der Waals surface area (Å²) >= 11 is 0. The topological polar surface area (TPSA) is 137 Å². The Kier molecular flexibility index (Phi) is 10.0. The van der Waals surface area contributed by atoms with Gasteiger partial charge in [0.05, 0.1) is 0 Å². The molecule has 0 radical (unpaired) electrons. The van der Waals surface area contributed by atoms with Crippen LogP contribution in [0.5, 0.6) is 0 Å². The molecule has 0 bridgehead atoms. The van der Waals surface area contributed by atoms with E-state index in [2.05, 4.69) is 21.3 Å². The molecule has 0 spiro atoms. The Morgan fingerprint density at radius 1 is 0.973 bits per heavy atom. The number of carbonyl (C=O) groups is 5. The van der Waals surface area contributed by atoms with Gasteiger partial charge in [-0.25, -0.2) is 0 Å². The fourth-order valence-corrected chi connectivity index (χ4v) is 4.86. The molecule has 2 heterocycles. The summed E-state index contributed by atoms with van der Waals surface area (Å²) in [5.74, 6) is -1.84. The average Bonchev–Trinajstić information content (AvgIpc) is 3.35. The summed E-state index contributed by atoms with van der Waals surface area (Å²) in [6.45, 7) is 6.04. The maximum absolute atomic E-state index is 13.5. The fraction of sp³-hybridized carbons (Fsp3) is 0.593. The van der Waals surface area contributed by atoms with E-state index in [1.807, 2.05) is 44.2 Å². The highest BCUT2D eigenvalue weighted by atomic mass is 16.2. The minimum absolute atomic E-state index is 0.127. The van der Waals surface area contributed by atoms with Crippen molar-refractivity contribution in [2.45, 2.75) is 83.5 Å². The molecule has 4 unspecified atom stereocenters. The van der Waals surface area contributed by atoms with Crippen LogP contribution in [-0.2, 0) is 30.4 Å². The third kappa shape index (κ3) is 7.77. The van der Waals surface area contributed by atoms with E-state index in [9.17, 15) is 24.0 Å². The molecule has 2 aliphatic heterocycles. The molecule has 1 aromatic rings. The summed E-state index contributed by atoms with van der Waals surface area (Å²) < 4.78 is 0. The van der Waals surface area contributed by atoms with Gasteiger partial charge in [-0.1, -0.05) is 44.2 Å². The molecule has 0 saturated carbocycles. The molecule has 4 N–H and O–H groups in total. The first kappa shape index (κ1) is 28.1. The van der Waals surface area contributed by atoms with Crippen molar-refractivity contribution in [1.29, 1.82) is 0 Å². The Hall–Kier alpha value is -3.43. The Bertz CT molecular complexity index is 983. The van der Waals surface area contributed by atoms with Gasteiger partial charge in [0, 0.05) is 26.4 Å². The van der Waals surface area contributed by atoms with E-state index >= 15 is 0 Å². The van der Waals surface area contributed by atoms with E-state index < -0.39 is 36.0 Å². The Morgan fingerprint density at radius 3 is 2.32 bits per heavy atom. The number of fused-ring (bicyclic) bond motifs is 1. The lowest BCUT2D eigenvalue weighted by atomic mass is 9.99. The van der Waals surface area contributed by atoms with E-state index in [1.165, 1.54) is 6.92 Å². The van der Waals surface area contributed by atoms with Crippen molar-refractivity contribution < 1.29 is 24.0 Å². The Balaban J connectivity index is 1.87. The summed E-state index contributed by atoms with van der Waals surface area (Å²) in [5.41, 5.74) is 0.859. The molecule has 0 aromatic heterocycles. The van der Waals surface area contributed by atoms with Gasteiger partial charge in [-0.05, 0) is 43.6 Å². The fourth-order valence-electron chi connectivity index (χ4n) is 4.86. The van der Waals surface area contributed by atoms with Gasteiger partial charge < -0.3 is 26.2 Å². The molecule has 3 rings (SSSR count). The zero-order valence-electron chi connectivity index (χ0n) is 21.9. The van der Waals surface area contributed by atoms with Gasteiger partial charge >= 0.3 is 0 Å². The number of carbonyl (C=O) groups excluding carboxylic acids is 5. The van der Waals surface area contributed by atoms with Crippen molar-refractivity contribution in [3.8, 4) is 0 Å². The molecule has 10 nitrogen and oxygen atoms in total. The van der Waals surface area contributed by atoms with Crippen LogP contribution < -0.4 is 21.3 Å². The SMILES string of the molecule is CC(=O)NCCCCC1NC(=O)C2CCCN2C(=O)C(C(C)C)NC(=O)C(Cc2ccccc2)NC1=O. The van der Waals surface area contributed by atoms with Crippen molar-refractivity contribution in [2.75, 3.05) is 13.1 Å². The predicted octanol–water partition coefficient (Wildman–Crippen LogP) is 0.651. The minimum Gasteiger partial charge on any atom is -0.356 e. The molecule has 2 saturated heterocycles. The second-order valence-electron chi connectivity index (χ2n) is 10.2. The van der Waals surface area contributed by atoms with E-state index in [4.69, 9.17) is 0 Å². The van der Waals surface area contributed by atoms with Gasteiger partial charge in [-0.3, -0.25) is 24.0 Å². The lowest BCUT2D eigenvalue weighted by molar-refractivity contribution is -0.144. The number of hydrogen-bond donors (Lipinski definition) is 4. The molecule has 202 valence electrons. The van der Waals surface area contributed by atoms with Gasteiger partial charge in [0.15, 0.2) is 0 Å². The third-order valence-corrected chi connectivity index (χ3v) is 6.91. The van der Waals surface area contributed by atoms with Crippen LogP contribution in [0.2, 0.25) is 0 Å². The molecular weight excluding hydrogens is 474 g/mol. The first-order valence-corrected chi connectivity index (χ1v) is 13.2. The lowest BCUT2D eigenvalue weighted by Gasteiger charge is -2.33. The highest BCUT2D eigenvalue weighted by Crippen LogP contribution is 2.21. The van der Waals surface area contributed by atoms with Crippen LogP contribution in [0.25, 0.3) is 0 Å². The quantitative estimate of drug-likeness (QED) is 0.379. The number of rotatable bonds is 8. The van der Waals surface area contributed by atoms with E-state index in [-0.39, 0.29) is 30.1 Å². The number of hydrogen-bond acceptors (Lipinski definition) is 5. The molecule has 37 heavy (non-hydrogen) atoms. The van der Waals surface area contributed by atoms with E-state index in [0.29, 0.717) is 45.2 Å². The summed E-state index contributed by atoms with van der Waals surface area (Å²) in [4.78, 5) is 66.3. The first-order valence-electron chi connectivity index (χ1n) is 13.2. The summed E-state index contributed by atoms with van der Waals surface area (Å²) in [5, 5.41) is 11.3. The van der Waals surface area contributed by atoms with E-state index in [0.717, 1.165) is 5.56 Å². The van der Waals surface area contributed by atoms with Crippen molar-refractivity contribution >= 4 is 29.5 Å². The van der Waals surface area contributed by atoms with Crippen LogP contribution in [0, 0.1) is 5.92 Å². The van der Waals surface area contributed by atoms with Crippen molar-refractivity contribution in [3.05, 3.63) is 35.9 Å². The maximum Gasteiger partial charge on any atom is 0.246 e. The molecule has 5 amide bonds. The number of amides is 5. The van der Waals surface area contributed by atoms with Crippen LogP contribution in [-0.4, -0.2) is 71.7 Å². The zero-order chi connectivity index (χ0) is 26.9. The molecule has 10 heteroatoms. The number of unbranched alkanes of at least 4 members (excludes halogenated alkanes) is 1. The van der Waals surface area contributed by atoms with Gasteiger partial charge in [-0.15, -0.1) is 0 Å². The molecular formula is C27H39N5O5. The van der Waals surface area contributed by atoms with Gasteiger partial charge in [0.25, 0.3) is 0 Å². The minimum atomic E-state index is -0.920. The Morgan fingerprint density at radius 2 is 1.65 bits per heavy atom. The van der Waals surface area contributed by atoms with E-state index in [1.54, 1.807) is 4.90 Å². The largest absolute Gasteiger partial charge is 0.356 e. The lowest BCUT2D eigenvalue weighted by Crippen LogP contribution is -2.62. The third-order valence-electron chi connectivity index (χ3n) is 6.91. The van der Waals surface area contributed by atoms with Crippen LogP contribution in [0.15, 0.2) is 30.3 Å². The van der Waals surface area contributed by atoms with Crippen molar-refractivity contribution in [2.24, 2.45) is 5.92 Å². The van der Waals surface area contributed by atoms with Crippen molar-refractivity contribution in [3.63, 3.8) is 0 Å². The van der Waals surface area contributed by atoms with Crippen molar-refractivity contribution in [1.82, 2.24) is 26.2 Å². The summed E-state index contributed by atoms with van der Waals surface area (Å²) in [6, 6.07) is 6.06. The maximum atomic E-state index is 13.5. The van der Waals surface area contributed by atoms with Gasteiger partial charge in [0.2, 0.25) is 29.5 Å². The predicted molar refractivity (Wildman–Crippen MR) is 138 cm³/mol. The molecule has 2 aliphatic rings. The molecule has 4 atom stereocenters. The first-order chi connectivity index (χ1) is 17.7. The monoisotopic (exact) mass is 513 g/mol. The number of nitrogens with zero attached hydrogens (tertiary/aromatic N) is 1. The summed E-state index contributed by atoms with van der Waals surface area (Å²) in [6.07, 6.45) is 2.98. The zero-order valence-corrected chi connectivity index (χ0v) is 21.9. The second-order valence-corrected chi connectivity index (χ2v) is 10.2. The van der Waals surface area contributed by atoms with Crippen LogP contribution >= 0.6 is 0 Å². The van der Waals surface area contributed by atoms with Gasteiger partial charge in [0.1, 0.15) is 24.2 Å². The van der Waals surface area contributed by atoms with Gasteiger partial charge in [-0.2, -0.15) is 0 Å². The van der Waals surface area contributed by atoms with Crippen LogP contribution in [0.4, 0.5) is 0 Å². The summed E-state index contributed by atoms with van der Waals surface area (Å²) in [7, 11) is 0. The standard InChI is InChI=1S/C27H39N5O5/c1-17(2)23-27(37)32-15-9-13-22(32)26(36)29-20(12-7-8-14-28-18(3)33)24(34)30-21(25(35)31-23)16-19-10-5-4-6-11-19/h4-6,10-11,17,20-23H,7-9,12-16H2,1-3H3,(H,28,33)(H,29,36)(H,30,34)(H,31,35). The number of nitrogens with one attached hydrogen (secondary N) is 4. The molecule has 0 aliphatic carbocycles. The molecule has 1 aromatic carbocycles. The number of benzene rings is 1. The second kappa shape index (κ2) is 13.2. The highest BCUT2D eigenvalue weighted by molar-refractivity contribution is 5.98. The molecule has 2 fully saturated rings. The van der Waals surface area contributed by atoms with Crippen LogP contribution in [0.1, 0.15) is 58.4 Å². The van der Waals surface area contributed by atoms with Crippen LogP contribution in [0.3, 0.4) is 0 Å². The highest BCUT2D eigenvalue weighted by Gasteiger charge is 2.41. The normalized spacial score (nSPS) is 24.9. The Labute approximate surface area is 218 Å².